The molecule has 1 fully saturated rings. The molecule has 0 spiro atoms. The van der Waals surface area contributed by atoms with Crippen molar-refractivity contribution in [1.29, 1.82) is 0 Å². The van der Waals surface area contributed by atoms with Crippen LogP contribution in [0.25, 0.3) is 22.2 Å². The second-order valence-electron chi connectivity index (χ2n) is 8.35. The number of fused-ring (bicyclic) bond motifs is 4. The third kappa shape index (κ3) is 4.17. The number of carbonyl (C=O) groups excluding carboxylic acids is 2. The monoisotopic (exact) mass is 461 g/mol. The lowest BCUT2D eigenvalue weighted by Crippen LogP contribution is -2.26. The summed E-state index contributed by atoms with van der Waals surface area (Å²) >= 11 is 0. The van der Waals surface area contributed by atoms with Crippen molar-refractivity contribution in [3.8, 4) is 11.1 Å². The Morgan fingerprint density at radius 3 is 2.59 bits per heavy atom. The molecule has 2 heterocycles. The zero-order chi connectivity index (χ0) is 23.7. The van der Waals surface area contributed by atoms with E-state index in [1.54, 1.807) is 26.4 Å². The predicted octanol–water partition coefficient (Wildman–Crippen LogP) is 4.24. The number of aromatic nitrogens is 2. The summed E-state index contributed by atoms with van der Waals surface area (Å²) in [4.78, 5) is 34.8. The predicted molar refractivity (Wildman–Crippen MR) is 127 cm³/mol. The van der Waals surface area contributed by atoms with Gasteiger partial charge < -0.3 is 24.1 Å². The highest BCUT2D eigenvalue weighted by Gasteiger charge is 2.33. The molecule has 0 atom stereocenters. The molecule has 8 nitrogen and oxygen atoms in total. The number of benzene rings is 2. The van der Waals surface area contributed by atoms with Crippen molar-refractivity contribution < 1.29 is 23.8 Å². The van der Waals surface area contributed by atoms with Crippen molar-refractivity contribution in [1.82, 2.24) is 9.97 Å². The molecule has 1 N–H and O–H groups in total. The smallest absolute Gasteiger partial charge is 0.347 e. The fourth-order valence-electron chi connectivity index (χ4n) is 4.35. The average molecular weight is 462 g/mol. The second-order valence-corrected chi connectivity index (χ2v) is 8.35. The van der Waals surface area contributed by atoms with Gasteiger partial charge in [-0.1, -0.05) is 12.1 Å². The number of anilines is 1. The van der Waals surface area contributed by atoms with Crippen LogP contribution < -0.4 is 4.90 Å². The van der Waals surface area contributed by atoms with Crippen LogP contribution in [-0.4, -0.2) is 41.2 Å². The van der Waals surface area contributed by atoms with Crippen molar-refractivity contribution in [2.24, 2.45) is 0 Å². The number of nitrogens with one attached hydrogen (secondary N) is 1. The summed E-state index contributed by atoms with van der Waals surface area (Å²) < 4.78 is 16.4. The van der Waals surface area contributed by atoms with E-state index in [1.807, 2.05) is 17.0 Å². The van der Waals surface area contributed by atoms with Crippen LogP contribution in [0.5, 0.6) is 0 Å². The van der Waals surface area contributed by atoms with Crippen molar-refractivity contribution in [3.63, 3.8) is 0 Å². The van der Waals surface area contributed by atoms with Gasteiger partial charge in [0, 0.05) is 23.5 Å². The van der Waals surface area contributed by atoms with Gasteiger partial charge in [0.15, 0.2) is 5.57 Å². The summed E-state index contributed by atoms with van der Waals surface area (Å²) in [6.07, 6.45) is 5.20. The van der Waals surface area contributed by atoms with E-state index in [9.17, 15) is 9.59 Å². The van der Waals surface area contributed by atoms with Gasteiger partial charge in [-0.05, 0) is 61.6 Å². The first-order valence-corrected chi connectivity index (χ1v) is 11.6. The highest BCUT2D eigenvalue weighted by Crippen LogP contribution is 2.41. The number of carbonyl (C=O) groups is 2. The number of hydrogen-bond acceptors (Lipinski definition) is 7. The third-order valence-corrected chi connectivity index (χ3v) is 6.07. The van der Waals surface area contributed by atoms with Gasteiger partial charge in [-0.25, -0.2) is 14.6 Å². The molecule has 176 valence electrons. The van der Waals surface area contributed by atoms with Crippen molar-refractivity contribution in [2.45, 2.75) is 45.9 Å². The molecule has 8 heteroatoms. The van der Waals surface area contributed by atoms with Crippen LogP contribution in [0.2, 0.25) is 0 Å². The molecule has 0 bridgehead atoms. The van der Waals surface area contributed by atoms with Gasteiger partial charge >= 0.3 is 11.9 Å². The highest BCUT2D eigenvalue weighted by atomic mass is 16.6. The minimum Gasteiger partial charge on any atom is -0.462 e. The van der Waals surface area contributed by atoms with Crippen LogP contribution in [0.3, 0.4) is 0 Å². The lowest BCUT2D eigenvalue weighted by molar-refractivity contribution is -0.146. The average Bonchev–Trinajstić information content (AvgIpc) is 3.59. The number of ether oxygens (including phenoxy) is 3. The van der Waals surface area contributed by atoms with Crippen molar-refractivity contribution >= 4 is 28.7 Å². The Bertz CT molecular complexity index is 1250. The zero-order valence-corrected chi connectivity index (χ0v) is 19.3. The lowest BCUT2D eigenvalue weighted by Gasteiger charge is -2.25. The van der Waals surface area contributed by atoms with Crippen LogP contribution in [0.15, 0.2) is 48.4 Å². The van der Waals surface area contributed by atoms with E-state index in [-0.39, 0.29) is 24.8 Å². The molecule has 1 aliphatic heterocycles. The number of aromatic amines is 1. The number of imidazole rings is 1. The van der Waals surface area contributed by atoms with E-state index in [0.717, 1.165) is 51.8 Å². The fourth-order valence-corrected chi connectivity index (χ4v) is 4.35. The summed E-state index contributed by atoms with van der Waals surface area (Å²) in [6.45, 7) is 4.66. The maximum atomic E-state index is 12.6. The van der Waals surface area contributed by atoms with Gasteiger partial charge in [0.1, 0.15) is 0 Å². The quantitative estimate of drug-likeness (QED) is 0.243. The van der Waals surface area contributed by atoms with Gasteiger partial charge in [0.25, 0.3) is 0 Å². The van der Waals surface area contributed by atoms with E-state index in [2.05, 4.69) is 28.2 Å². The minimum absolute atomic E-state index is 0.110. The molecule has 34 heavy (non-hydrogen) atoms. The first kappa shape index (κ1) is 22.2. The Morgan fingerprint density at radius 1 is 1.12 bits per heavy atom. The summed E-state index contributed by atoms with van der Waals surface area (Å²) in [5.74, 6) is -1.37. The molecule has 1 saturated carbocycles. The molecule has 1 aromatic heterocycles. The largest absolute Gasteiger partial charge is 0.462 e. The normalized spacial score (nSPS) is 14.5. The van der Waals surface area contributed by atoms with Gasteiger partial charge in [-0.3, -0.25) is 0 Å². The summed E-state index contributed by atoms with van der Waals surface area (Å²) in [6, 6.07) is 10.4. The van der Waals surface area contributed by atoms with Gasteiger partial charge in [0.2, 0.25) is 0 Å². The zero-order valence-electron chi connectivity index (χ0n) is 19.3. The topological polar surface area (TPSA) is 93.7 Å². The van der Waals surface area contributed by atoms with Crippen LogP contribution in [0, 0.1) is 0 Å². The van der Waals surface area contributed by atoms with E-state index in [4.69, 9.17) is 14.2 Å². The molecule has 1 aliphatic carbocycles. The van der Waals surface area contributed by atoms with Gasteiger partial charge in [0.05, 0.1) is 43.8 Å². The molecular formula is C26H27N3O5. The highest BCUT2D eigenvalue weighted by molar-refractivity contribution is 6.14. The molecule has 0 amide bonds. The fraction of sp³-hybridized carbons (Fsp3) is 0.346. The number of hydrogen-bond donors (Lipinski definition) is 1. The Morgan fingerprint density at radius 2 is 1.88 bits per heavy atom. The first-order valence-electron chi connectivity index (χ1n) is 11.6. The molecule has 5 rings (SSSR count). The van der Waals surface area contributed by atoms with E-state index in [1.165, 1.54) is 0 Å². The Kier molecular flexibility index (Phi) is 6.06. The standard InChI is InChI=1S/C26H27N3O5/c1-3-33-25(30)20(26(31)34-4-2)12-29(17-8-9-17)24-7-5-6-18-19-11-23-22(27-15-28-23)10-16(19)13-32-14-21(18)24/h5-7,10-12,15,17H,3-4,8-9,13-14H2,1-2H3,(H,27,28). The Balaban J connectivity index is 1.62. The van der Waals surface area contributed by atoms with Crippen LogP contribution >= 0.6 is 0 Å². The molecule has 2 aliphatic rings. The molecule has 0 unspecified atom stereocenters. The third-order valence-electron chi connectivity index (χ3n) is 6.07. The van der Waals surface area contributed by atoms with Crippen LogP contribution in [0.1, 0.15) is 37.8 Å². The van der Waals surface area contributed by atoms with E-state index >= 15 is 0 Å². The lowest BCUT2D eigenvalue weighted by atomic mass is 9.94. The first-order chi connectivity index (χ1) is 16.6. The number of nitrogens with zero attached hydrogens (tertiary/aromatic N) is 2. The maximum absolute atomic E-state index is 12.6. The van der Waals surface area contributed by atoms with Gasteiger partial charge in [-0.2, -0.15) is 0 Å². The number of H-pyrrole nitrogens is 1. The minimum atomic E-state index is -0.684. The molecule has 0 saturated heterocycles. The summed E-state index contributed by atoms with van der Waals surface area (Å²) in [7, 11) is 0. The maximum Gasteiger partial charge on any atom is 0.347 e. The van der Waals surface area contributed by atoms with E-state index in [0.29, 0.717) is 13.2 Å². The van der Waals surface area contributed by atoms with Crippen molar-refractivity contribution in [2.75, 3.05) is 18.1 Å². The molecule has 0 radical (unpaired) electrons. The molecule has 3 aromatic rings. The molecular weight excluding hydrogens is 434 g/mol. The number of rotatable bonds is 7. The Labute approximate surface area is 197 Å². The summed E-state index contributed by atoms with van der Waals surface area (Å²) in [5.41, 5.74) is 6.88. The van der Waals surface area contributed by atoms with E-state index < -0.39 is 11.9 Å². The van der Waals surface area contributed by atoms with Gasteiger partial charge in [-0.15, -0.1) is 0 Å². The van der Waals surface area contributed by atoms with Crippen molar-refractivity contribution in [3.05, 3.63) is 59.6 Å². The summed E-state index contributed by atoms with van der Waals surface area (Å²) in [5, 5.41) is 0. The molecule has 2 aromatic carbocycles. The van der Waals surface area contributed by atoms with Crippen LogP contribution in [-0.2, 0) is 37.0 Å². The number of esters is 2. The Hall–Kier alpha value is -3.65. The SMILES string of the molecule is CCOC(=O)C(=CN(c1cccc2c1COCc1cc3[nH]cnc3cc1-2)C1CC1)C(=O)OCC. The second kappa shape index (κ2) is 9.30. The van der Waals surface area contributed by atoms with Crippen LogP contribution in [0.4, 0.5) is 5.69 Å².